The highest BCUT2D eigenvalue weighted by Gasteiger charge is 2.22. The number of nitrogens with zero attached hydrogens (tertiary/aromatic N) is 3. The summed E-state index contributed by atoms with van der Waals surface area (Å²) in [6.07, 6.45) is 2.71. The van der Waals surface area contributed by atoms with Gasteiger partial charge in [0.2, 0.25) is 5.13 Å². The number of carbonyl (C=O) groups is 1. The molecule has 2 amide bonds. The van der Waals surface area contributed by atoms with E-state index in [9.17, 15) is 4.79 Å². The van der Waals surface area contributed by atoms with Crippen molar-refractivity contribution in [1.29, 1.82) is 0 Å². The van der Waals surface area contributed by atoms with E-state index in [1.807, 2.05) is 49.4 Å². The molecule has 4 rings (SSSR count). The highest BCUT2D eigenvalue weighted by atomic mass is 32.1. The zero-order valence-electron chi connectivity index (χ0n) is 19.6. The molecule has 2 heterocycles. The highest BCUT2D eigenvalue weighted by Crippen LogP contribution is 2.25. The van der Waals surface area contributed by atoms with E-state index in [0.717, 1.165) is 59.6 Å². The lowest BCUT2D eigenvalue weighted by atomic mass is 9.97. The van der Waals surface area contributed by atoms with Crippen molar-refractivity contribution in [3.8, 4) is 11.5 Å². The van der Waals surface area contributed by atoms with Crippen LogP contribution in [0, 0.1) is 5.92 Å². The molecule has 3 aromatic rings. The number of rotatable bonds is 9. The van der Waals surface area contributed by atoms with Crippen LogP contribution in [0.3, 0.4) is 0 Å². The molecule has 0 bridgehead atoms. The first kappa shape index (κ1) is 23.8. The lowest BCUT2D eigenvalue weighted by Crippen LogP contribution is -2.39. The van der Waals surface area contributed by atoms with Gasteiger partial charge in [-0.3, -0.25) is 0 Å². The van der Waals surface area contributed by atoms with E-state index in [1.54, 1.807) is 7.11 Å². The number of benzene rings is 2. The van der Waals surface area contributed by atoms with Crippen LogP contribution in [0.5, 0.6) is 11.5 Å². The fourth-order valence-corrected chi connectivity index (χ4v) is 4.69. The van der Waals surface area contributed by atoms with Gasteiger partial charge in [0.05, 0.1) is 13.7 Å². The Kier molecular flexibility index (Phi) is 8.19. The molecule has 0 aliphatic carbocycles. The second kappa shape index (κ2) is 11.7. The Morgan fingerprint density at radius 3 is 2.68 bits per heavy atom. The third-order valence-electron chi connectivity index (χ3n) is 5.81. The Labute approximate surface area is 204 Å². The predicted octanol–water partition coefficient (Wildman–Crippen LogP) is 4.57. The van der Waals surface area contributed by atoms with Gasteiger partial charge >= 0.3 is 6.03 Å². The van der Waals surface area contributed by atoms with Gasteiger partial charge in [-0.05, 0) is 67.6 Å². The van der Waals surface area contributed by atoms with E-state index in [1.165, 1.54) is 11.5 Å². The molecule has 0 saturated carbocycles. The van der Waals surface area contributed by atoms with Gasteiger partial charge in [-0.25, -0.2) is 9.78 Å². The van der Waals surface area contributed by atoms with Gasteiger partial charge < -0.3 is 25.0 Å². The van der Waals surface area contributed by atoms with Crippen molar-refractivity contribution >= 4 is 28.4 Å². The molecule has 9 heteroatoms. The Morgan fingerprint density at radius 2 is 1.94 bits per heavy atom. The molecule has 1 aliphatic heterocycles. The zero-order valence-corrected chi connectivity index (χ0v) is 20.4. The largest absolute Gasteiger partial charge is 0.497 e. The first-order valence-corrected chi connectivity index (χ1v) is 12.4. The minimum atomic E-state index is -0.183. The molecule has 1 fully saturated rings. The van der Waals surface area contributed by atoms with Gasteiger partial charge in [-0.1, -0.05) is 12.1 Å². The third kappa shape index (κ3) is 6.60. The van der Waals surface area contributed by atoms with Crippen molar-refractivity contribution < 1.29 is 14.3 Å². The minimum Gasteiger partial charge on any atom is -0.497 e. The Balaban J connectivity index is 1.19. The van der Waals surface area contributed by atoms with E-state index in [4.69, 9.17) is 14.5 Å². The number of amides is 2. The first-order chi connectivity index (χ1) is 16.6. The van der Waals surface area contributed by atoms with Crippen LogP contribution in [0.4, 0.5) is 15.6 Å². The summed E-state index contributed by atoms with van der Waals surface area (Å²) in [7, 11) is 1.67. The second-order valence-electron chi connectivity index (χ2n) is 8.24. The lowest BCUT2D eigenvalue weighted by molar-refractivity contribution is 0.248. The van der Waals surface area contributed by atoms with Crippen LogP contribution < -0.4 is 25.0 Å². The molecule has 0 unspecified atom stereocenters. The van der Waals surface area contributed by atoms with Crippen molar-refractivity contribution in [2.75, 3.05) is 43.6 Å². The Hall–Kier alpha value is -3.33. The van der Waals surface area contributed by atoms with E-state index < -0.39 is 0 Å². The molecule has 180 valence electrons. The van der Waals surface area contributed by atoms with Crippen molar-refractivity contribution in [2.45, 2.75) is 26.2 Å². The topological polar surface area (TPSA) is 88.6 Å². The van der Waals surface area contributed by atoms with Crippen molar-refractivity contribution in [1.82, 2.24) is 14.7 Å². The monoisotopic (exact) mass is 481 g/mol. The number of aromatic nitrogens is 2. The summed E-state index contributed by atoms with van der Waals surface area (Å²) < 4.78 is 15.3. The van der Waals surface area contributed by atoms with Crippen LogP contribution >= 0.6 is 11.5 Å². The molecule has 0 radical (unpaired) electrons. The summed E-state index contributed by atoms with van der Waals surface area (Å²) in [5.74, 6) is 2.93. The molecular weight excluding hydrogens is 450 g/mol. The van der Waals surface area contributed by atoms with Gasteiger partial charge in [0.15, 0.2) is 0 Å². The number of carbonyl (C=O) groups excluding carboxylic acids is 1. The fraction of sp³-hybridized carbons (Fsp3) is 0.400. The maximum Gasteiger partial charge on any atom is 0.319 e. The lowest BCUT2D eigenvalue weighted by Gasteiger charge is -2.31. The molecule has 1 aliphatic rings. The second-order valence-corrected chi connectivity index (χ2v) is 8.97. The molecule has 0 atom stereocenters. The zero-order chi connectivity index (χ0) is 23.8. The maximum atomic E-state index is 12.3. The summed E-state index contributed by atoms with van der Waals surface area (Å²) in [6, 6.07) is 15.2. The molecule has 2 N–H and O–H groups in total. The predicted molar refractivity (Wildman–Crippen MR) is 135 cm³/mol. The quantitative estimate of drug-likeness (QED) is 0.465. The number of hydrogen-bond donors (Lipinski definition) is 2. The van der Waals surface area contributed by atoms with E-state index in [-0.39, 0.29) is 6.03 Å². The SMILES string of the molecule is CCOc1ccc(NC(=O)NCC2CCN(c3nc(Cc4cccc(OC)c4)ns3)CC2)cc1. The number of methoxy groups -OCH3 is 1. The molecule has 8 nitrogen and oxygen atoms in total. The minimum absolute atomic E-state index is 0.183. The molecule has 2 aromatic carbocycles. The summed E-state index contributed by atoms with van der Waals surface area (Å²) in [5.41, 5.74) is 1.88. The molecule has 1 saturated heterocycles. The average Bonchev–Trinajstić information content (AvgIpc) is 3.33. The smallest absolute Gasteiger partial charge is 0.319 e. The third-order valence-corrected chi connectivity index (χ3v) is 6.63. The fourth-order valence-electron chi connectivity index (χ4n) is 3.95. The van der Waals surface area contributed by atoms with Crippen LogP contribution in [0.25, 0.3) is 0 Å². The molecule has 34 heavy (non-hydrogen) atoms. The first-order valence-electron chi connectivity index (χ1n) is 11.6. The van der Waals surface area contributed by atoms with Crippen molar-refractivity contribution in [2.24, 2.45) is 5.92 Å². The number of urea groups is 1. The number of piperidine rings is 1. The van der Waals surface area contributed by atoms with Crippen LogP contribution in [0.2, 0.25) is 0 Å². The van der Waals surface area contributed by atoms with Crippen LogP contribution in [-0.4, -0.2) is 48.7 Å². The molecular formula is C25H31N5O3S. The molecule has 0 spiro atoms. The van der Waals surface area contributed by atoms with E-state index in [2.05, 4.69) is 26.0 Å². The summed E-state index contributed by atoms with van der Waals surface area (Å²) in [4.78, 5) is 19.3. The summed E-state index contributed by atoms with van der Waals surface area (Å²) >= 11 is 1.45. The normalized spacial score (nSPS) is 14.0. The number of nitrogens with one attached hydrogen (secondary N) is 2. The standard InChI is InChI=1S/C25H31N5O3S/c1-3-33-21-9-7-20(8-10-21)27-24(31)26-17-18-11-13-30(14-12-18)25-28-23(29-34-25)16-19-5-4-6-22(15-19)32-2/h4-10,15,18H,3,11-14,16-17H2,1-2H3,(H2,26,27,31). The average molecular weight is 482 g/mol. The highest BCUT2D eigenvalue weighted by molar-refractivity contribution is 7.09. The Morgan fingerprint density at radius 1 is 1.15 bits per heavy atom. The summed E-state index contributed by atoms with van der Waals surface area (Å²) in [5, 5.41) is 6.85. The van der Waals surface area contributed by atoms with Crippen molar-refractivity contribution in [3.63, 3.8) is 0 Å². The molecule has 1 aromatic heterocycles. The van der Waals surface area contributed by atoms with E-state index in [0.29, 0.717) is 25.5 Å². The van der Waals surface area contributed by atoms with Gasteiger partial charge in [0.1, 0.15) is 17.3 Å². The number of hydrogen-bond acceptors (Lipinski definition) is 7. The number of anilines is 2. The van der Waals surface area contributed by atoms with Crippen LogP contribution in [-0.2, 0) is 6.42 Å². The summed E-state index contributed by atoms with van der Waals surface area (Å²) in [6.45, 7) is 5.06. The van der Waals surface area contributed by atoms with Gasteiger partial charge in [0, 0.05) is 43.3 Å². The maximum absolute atomic E-state index is 12.3. The van der Waals surface area contributed by atoms with Gasteiger partial charge in [0.25, 0.3) is 0 Å². The number of ether oxygens (including phenoxy) is 2. The van der Waals surface area contributed by atoms with Crippen LogP contribution in [0.15, 0.2) is 48.5 Å². The van der Waals surface area contributed by atoms with Crippen molar-refractivity contribution in [3.05, 3.63) is 59.9 Å². The van der Waals surface area contributed by atoms with Gasteiger partial charge in [-0.2, -0.15) is 4.37 Å². The van der Waals surface area contributed by atoms with E-state index >= 15 is 0 Å². The Bertz CT molecular complexity index is 1060. The van der Waals surface area contributed by atoms with Gasteiger partial charge in [-0.15, -0.1) is 0 Å². The van der Waals surface area contributed by atoms with Crippen LogP contribution in [0.1, 0.15) is 31.2 Å².